The summed E-state index contributed by atoms with van der Waals surface area (Å²) in [6, 6.07) is 71.7. The Bertz CT molecular complexity index is 3340. The van der Waals surface area contributed by atoms with E-state index in [1.54, 1.807) is 6.07 Å². The molecule has 0 radical (unpaired) electrons. The fourth-order valence-corrected chi connectivity index (χ4v) is 7.76. The molecule has 0 saturated carbocycles. The molecule has 0 fully saturated rings. The zero-order chi connectivity index (χ0) is 43.2. The van der Waals surface area contributed by atoms with Crippen molar-refractivity contribution in [1.82, 2.24) is 29.9 Å². The largest absolute Gasteiger partial charge is 0.208 e. The number of hydrogen-bond donors (Lipinski definition) is 0. The Balaban J connectivity index is 1.18. The fraction of sp³-hybridized carbons (Fsp3) is 0. The third kappa shape index (κ3) is 7.90. The van der Waals surface area contributed by atoms with E-state index in [0.29, 0.717) is 57.2 Å². The van der Waals surface area contributed by atoms with Crippen molar-refractivity contribution in [2.24, 2.45) is 0 Å². The van der Waals surface area contributed by atoms with Gasteiger partial charge in [0, 0.05) is 33.4 Å². The van der Waals surface area contributed by atoms with Crippen LogP contribution in [0.5, 0.6) is 0 Å². The highest BCUT2D eigenvalue weighted by atomic mass is 15.0. The van der Waals surface area contributed by atoms with Gasteiger partial charge in [0.15, 0.2) is 34.9 Å². The average molecular weight is 819 g/mol. The zero-order valence-electron chi connectivity index (χ0n) is 34.2. The van der Waals surface area contributed by atoms with Gasteiger partial charge < -0.3 is 0 Å². The van der Waals surface area contributed by atoms with Crippen LogP contribution in [0.2, 0.25) is 0 Å². The van der Waals surface area contributed by atoms with Gasteiger partial charge >= 0.3 is 0 Å². The molecule has 0 bridgehead atoms. The highest BCUT2D eigenvalue weighted by Crippen LogP contribution is 2.42. The molecule has 10 aromatic rings. The van der Waals surface area contributed by atoms with Gasteiger partial charge in [0.25, 0.3) is 0 Å². The molecule has 0 aliphatic rings. The van der Waals surface area contributed by atoms with Gasteiger partial charge in [0.1, 0.15) is 0 Å². The van der Waals surface area contributed by atoms with Crippen LogP contribution in [-0.2, 0) is 0 Å². The Labute approximate surface area is 370 Å². The van der Waals surface area contributed by atoms with Crippen LogP contribution >= 0.6 is 0 Å². The van der Waals surface area contributed by atoms with E-state index in [2.05, 4.69) is 36.4 Å². The molecule has 10 rings (SSSR count). The molecule has 2 heterocycles. The van der Waals surface area contributed by atoms with Crippen molar-refractivity contribution in [3.05, 3.63) is 217 Å². The number of hydrogen-bond acceptors (Lipinski definition) is 8. The molecular weight excluding hydrogens is 785 g/mol. The van der Waals surface area contributed by atoms with Crippen molar-refractivity contribution in [1.29, 1.82) is 10.5 Å². The van der Waals surface area contributed by atoms with Crippen molar-refractivity contribution in [2.75, 3.05) is 0 Å². The smallest absolute Gasteiger partial charge is 0.164 e. The second-order valence-corrected chi connectivity index (χ2v) is 14.9. The standard InChI is InChI=1S/C56H34N8/c57-35-37-28-30-47(49(32-37)55-61-51(40-18-7-2-8-19-40)59-52(62-55)41-20-9-3-10-21-41)45-26-13-14-27-46(45)48-31-29-38(36-58)33-50(48)56-63-53(42-22-11-4-12-23-42)60-54(64-56)44-25-15-24-43(34-44)39-16-5-1-6-17-39/h1-34H. The van der Waals surface area contributed by atoms with Gasteiger partial charge in [0.05, 0.1) is 23.3 Å². The maximum Gasteiger partial charge on any atom is 0.164 e. The van der Waals surface area contributed by atoms with E-state index in [1.165, 1.54) is 0 Å². The van der Waals surface area contributed by atoms with Gasteiger partial charge in [-0.3, -0.25) is 0 Å². The first-order valence-corrected chi connectivity index (χ1v) is 20.6. The Morgan fingerprint density at radius 3 is 0.953 bits per heavy atom. The molecule has 0 N–H and O–H groups in total. The van der Waals surface area contributed by atoms with E-state index in [0.717, 1.165) is 55.6 Å². The average Bonchev–Trinajstić information content (AvgIpc) is 3.39. The maximum atomic E-state index is 10.3. The molecule has 298 valence electrons. The van der Waals surface area contributed by atoms with Crippen molar-refractivity contribution in [2.45, 2.75) is 0 Å². The third-order valence-electron chi connectivity index (χ3n) is 10.9. The normalized spacial score (nSPS) is 10.8. The lowest BCUT2D eigenvalue weighted by atomic mass is 9.88. The van der Waals surface area contributed by atoms with Crippen LogP contribution in [0.15, 0.2) is 206 Å². The molecule has 64 heavy (non-hydrogen) atoms. The van der Waals surface area contributed by atoms with Gasteiger partial charge in [-0.2, -0.15) is 10.5 Å². The number of aromatic nitrogens is 6. The Hall–Kier alpha value is -9.24. The van der Waals surface area contributed by atoms with Crippen LogP contribution in [0.1, 0.15) is 11.1 Å². The number of nitrogens with zero attached hydrogens (tertiary/aromatic N) is 8. The van der Waals surface area contributed by atoms with Crippen LogP contribution in [0.4, 0.5) is 0 Å². The summed E-state index contributed by atoms with van der Waals surface area (Å²) in [5.74, 6) is 2.84. The molecule has 0 aliphatic heterocycles. The number of rotatable bonds is 9. The van der Waals surface area contributed by atoms with Crippen LogP contribution in [0.3, 0.4) is 0 Å². The topological polar surface area (TPSA) is 125 Å². The molecule has 0 aliphatic carbocycles. The van der Waals surface area contributed by atoms with E-state index in [4.69, 9.17) is 29.9 Å². The van der Waals surface area contributed by atoms with E-state index in [-0.39, 0.29) is 0 Å². The Morgan fingerprint density at radius 1 is 0.234 bits per heavy atom. The molecule has 2 aromatic heterocycles. The molecule has 8 nitrogen and oxygen atoms in total. The second-order valence-electron chi connectivity index (χ2n) is 14.9. The molecule has 0 unspecified atom stereocenters. The predicted octanol–water partition coefficient (Wildman–Crippen LogP) is 12.8. The molecule has 8 heteroatoms. The van der Waals surface area contributed by atoms with Crippen molar-refractivity contribution in [3.63, 3.8) is 0 Å². The lowest BCUT2D eigenvalue weighted by Gasteiger charge is -2.18. The first-order chi connectivity index (χ1) is 31.6. The summed E-state index contributed by atoms with van der Waals surface area (Å²) in [6.45, 7) is 0. The fourth-order valence-electron chi connectivity index (χ4n) is 7.76. The van der Waals surface area contributed by atoms with Crippen molar-refractivity contribution < 1.29 is 0 Å². The first kappa shape index (κ1) is 38.9. The lowest BCUT2D eigenvalue weighted by molar-refractivity contribution is 1.07. The maximum absolute atomic E-state index is 10.3. The summed E-state index contributed by atoms with van der Waals surface area (Å²) >= 11 is 0. The highest BCUT2D eigenvalue weighted by Gasteiger charge is 2.22. The van der Waals surface area contributed by atoms with Gasteiger partial charge in [-0.05, 0) is 63.7 Å². The van der Waals surface area contributed by atoms with Gasteiger partial charge in [-0.1, -0.05) is 176 Å². The molecule has 0 spiro atoms. The summed E-state index contributed by atoms with van der Waals surface area (Å²) in [4.78, 5) is 30.3. The summed E-state index contributed by atoms with van der Waals surface area (Å²) in [5, 5.41) is 20.5. The van der Waals surface area contributed by atoms with Gasteiger partial charge in [-0.25, -0.2) is 29.9 Å². The molecule has 0 amide bonds. The number of nitriles is 2. The third-order valence-corrected chi connectivity index (χ3v) is 10.9. The quantitative estimate of drug-likeness (QED) is 0.141. The lowest BCUT2D eigenvalue weighted by Crippen LogP contribution is -2.02. The SMILES string of the molecule is N#Cc1ccc(-c2ccccc2-c2ccc(C#N)cc2-c2nc(-c3ccccc3)nc(-c3cccc(-c4ccccc4)c3)n2)c(-c2nc(-c3ccccc3)nc(-c3ccccc3)n2)c1. The van der Waals surface area contributed by atoms with Crippen molar-refractivity contribution >= 4 is 0 Å². The summed E-state index contributed by atoms with van der Waals surface area (Å²) in [5.41, 5.74) is 11.0. The predicted molar refractivity (Wildman–Crippen MR) is 252 cm³/mol. The zero-order valence-corrected chi connectivity index (χ0v) is 34.2. The molecule has 0 saturated heterocycles. The van der Waals surface area contributed by atoms with E-state index >= 15 is 0 Å². The monoisotopic (exact) mass is 818 g/mol. The second kappa shape index (κ2) is 17.4. The van der Waals surface area contributed by atoms with E-state index in [1.807, 2.05) is 176 Å². The molecule has 0 atom stereocenters. The summed E-state index contributed by atoms with van der Waals surface area (Å²) in [7, 11) is 0. The molecular formula is C56H34N8. The minimum Gasteiger partial charge on any atom is -0.208 e. The molecule has 8 aromatic carbocycles. The van der Waals surface area contributed by atoms with Crippen LogP contribution in [0, 0.1) is 22.7 Å². The van der Waals surface area contributed by atoms with Crippen LogP contribution in [0.25, 0.3) is 102 Å². The van der Waals surface area contributed by atoms with Crippen molar-refractivity contribution in [3.8, 4) is 114 Å². The Kier molecular flexibility index (Phi) is 10.6. The first-order valence-electron chi connectivity index (χ1n) is 20.6. The van der Waals surface area contributed by atoms with E-state index < -0.39 is 0 Å². The Morgan fingerprint density at radius 2 is 0.547 bits per heavy atom. The summed E-state index contributed by atoms with van der Waals surface area (Å²) < 4.78 is 0. The van der Waals surface area contributed by atoms with Gasteiger partial charge in [0.2, 0.25) is 0 Å². The number of benzene rings is 8. The van der Waals surface area contributed by atoms with Gasteiger partial charge in [-0.15, -0.1) is 0 Å². The van der Waals surface area contributed by atoms with E-state index in [9.17, 15) is 10.5 Å². The summed E-state index contributed by atoms with van der Waals surface area (Å²) in [6.07, 6.45) is 0. The highest BCUT2D eigenvalue weighted by molar-refractivity contribution is 5.95. The van der Waals surface area contributed by atoms with Crippen LogP contribution in [-0.4, -0.2) is 29.9 Å². The minimum absolute atomic E-state index is 0.411. The minimum atomic E-state index is 0.411. The van der Waals surface area contributed by atoms with Crippen LogP contribution < -0.4 is 0 Å².